The van der Waals surface area contributed by atoms with Crippen LogP contribution >= 0.6 is 0 Å². The third-order valence-electron chi connectivity index (χ3n) is 0. The van der Waals surface area contributed by atoms with Gasteiger partial charge in [0.1, 0.15) is 0 Å². The summed E-state index contributed by atoms with van der Waals surface area (Å²) in [5, 5.41) is 0. The van der Waals surface area contributed by atoms with E-state index in [0.29, 0.717) is 0 Å². The van der Waals surface area contributed by atoms with Crippen molar-refractivity contribution in [2.75, 3.05) is 0 Å². The monoisotopic (exact) mass is 205 g/mol. The zero-order valence-corrected chi connectivity index (χ0v) is 5.32. The van der Waals surface area contributed by atoms with Gasteiger partial charge < -0.3 is 0 Å². The largest absolute Gasteiger partial charge is 0 e. The predicted octanol–water partition coefficient (Wildman–Crippen LogP) is -2.17. The molecule has 0 aromatic heterocycles. The molecule has 0 fully saturated rings. The van der Waals surface area contributed by atoms with E-state index < -0.39 is 14.5 Å². The zero-order valence-electron chi connectivity index (χ0n) is 2.50. The van der Waals surface area contributed by atoms with Crippen molar-refractivity contribution in [3.05, 3.63) is 0 Å². The Morgan fingerprint density at radius 3 is 1.17 bits per heavy atom. The summed E-state index contributed by atoms with van der Waals surface area (Å²) < 4.78 is 30.7. The molecule has 1 radical (unpaired) electrons. The Kier molecular flexibility index (Phi) is 4.71. The van der Waals surface area contributed by atoms with Crippen LogP contribution in [0.5, 0.6) is 0 Å². The molecular weight excluding hydrogens is 202 g/mol. The molecule has 0 atom stereocenters. The summed E-state index contributed by atoms with van der Waals surface area (Å²) in [6.07, 6.45) is 0. The number of hydrogen-bond acceptors (Lipinski definition) is 1. The quantitative estimate of drug-likeness (QED) is 0.393. The van der Waals surface area contributed by atoms with Crippen LogP contribution < -0.4 is 0 Å². The molecule has 6 heteroatoms. The second-order valence-electron chi connectivity index (χ2n) is 0.513. The topological polar surface area (TPSA) is 77.8 Å². The van der Waals surface area contributed by atoms with Crippen LogP contribution in [0.4, 0.5) is 0 Å². The fourth-order valence-electron chi connectivity index (χ4n) is 0. The molecule has 0 rings (SSSR count). The molecule has 0 spiro atoms. The van der Waals surface area contributed by atoms with Crippen LogP contribution in [0.3, 0.4) is 0 Å². The third kappa shape index (κ3) is 117. The number of rotatable bonds is 0. The van der Waals surface area contributed by atoms with Crippen LogP contribution in [-0.4, -0.2) is 26.8 Å². The van der Waals surface area contributed by atoms with E-state index in [1.807, 2.05) is 0 Å². The van der Waals surface area contributed by atoms with Gasteiger partial charge >= 0.3 is 30.5 Å². The van der Waals surface area contributed by atoms with Crippen molar-refractivity contribution in [3.8, 4) is 0 Å². The summed E-state index contributed by atoms with van der Waals surface area (Å²) in [6.45, 7) is 0. The Bertz CT molecular complexity index is 53.7. The first kappa shape index (κ1) is 9.90. The average molecular weight is 205 g/mol. The van der Waals surface area contributed by atoms with E-state index in [1.165, 1.54) is 0 Å². The van der Waals surface area contributed by atoms with E-state index in [9.17, 15) is 0 Å². The van der Waals surface area contributed by atoms with Crippen molar-refractivity contribution in [2.45, 2.75) is 0 Å². The van der Waals surface area contributed by atoms with Crippen molar-refractivity contribution < 1.29 is 33.1 Å². The van der Waals surface area contributed by atoms with Gasteiger partial charge in [-0.3, -0.25) is 0 Å². The Labute approximate surface area is 48.0 Å². The molecule has 0 saturated heterocycles. The van der Waals surface area contributed by atoms with Gasteiger partial charge in [0.05, 0.1) is 0 Å². The predicted molar refractivity (Wildman–Crippen MR) is 13.1 cm³/mol. The van der Waals surface area contributed by atoms with Gasteiger partial charge in [-0.2, -0.15) is 0 Å². The van der Waals surface area contributed by atoms with Crippen LogP contribution in [0.15, 0.2) is 0 Å². The first-order chi connectivity index (χ1) is 2.00. The van der Waals surface area contributed by atoms with Crippen LogP contribution in [0.1, 0.15) is 0 Å². The van der Waals surface area contributed by atoms with Crippen LogP contribution in [0.2, 0.25) is 0 Å². The van der Waals surface area contributed by atoms with E-state index in [-0.39, 0.29) is 17.1 Å². The van der Waals surface area contributed by atoms with Crippen molar-refractivity contribution in [3.63, 3.8) is 0 Å². The van der Waals surface area contributed by atoms with Crippen LogP contribution in [0, 0.1) is 0 Å². The first-order valence-electron chi connectivity index (χ1n) is 0.783. The summed E-state index contributed by atoms with van der Waals surface area (Å²) in [5.41, 5.74) is 0. The minimum atomic E-state index is -5.12. The van der Waals surface area contributed by atoms with E-state index in [1.54, 1.807) is 0 Å². The van der Waals surface area contributed by atoms with Crippen molar-refractivity contribution >= 4 is 14.5 Å². The standard InChI is InChI=1S/AsH3O4.Cu/c2-1(3,4)5;/h(H3,2,3,4,5);. The van der Waals surface area contributed by atoms with Crippen LogP contribution in [-0.2, 0) is 20.8 Å². The fraction of sp³-hybridized carbons (Fsp3) is 0. The Balaban J connectivity index is 0. The SMILES string of the molecule is O=[As](O)(O)O.[Cu]. The van der Waals surface area contributed by atoms with Gasteiger partial charge in [0.15, 0.2) is 0 Å². The minimum Gasteiger partial charge on any atom is 0 e. The summed E-state index contributed by atoms with van der Waals surface area (Å²) in [4.78, 5) is 0. The molecular formula is H3AsCuO4. The van der Waals surface area contributed by atoms with Gasteiger partial charge in [0, 0.05) is 17.1 Å². The maximum atomic E-state index is 8.94. The van der Waals surface area contributed by atoms with E-state index in [0.717, 1.165) is 0 Å². The minimum absolute atomic E-state index is 0. The van der Waals surface area contributed by atoms with Gasteiger partial charge in [0.2, 0.25) is 0 Å². The summed E-state index contributed by atoms with van der Waals surface area (Å²) in [6, 6.07) is 0. The molecule has 0 heterocycles. The summed E-state index contributed by atoms with van der Waals surface area (Å²) in [5.74, 6) is 0. The fourth-order valence-corrected chi connectivity index (χ4v) is 0. The smallest absolute Gasteiger partial charge is 0 e. The molecule has 0 aromatic rings. The van der Waals surface area contributed by atoms with Crippen molar-refractivity contribution in [1.82, 2.24) is 0 Å². The van der Waals surface area contributed by atoms with E-state index in [4.69, 9.17) is 16.0 Å². The third-order valence-corrected chi connectivity index (χ3v) is 0. The van der Waals surface area contributed by atoms with Gasteiger partial charge in [0.25, 0.3) is 0 Å². The molecule has 43 valence electrons. The zero-order chi connectivity index (χ0) is 4.50. The van der Waals surface area contributed by atoms with Gasteiger partial charge in [-0.25, -0.2) is 0 Å². The molecule has 0 bridgehead atoms. The Morgan fingerprint density at radius 2 is 1.17 bits per heavy atom. The molecule has 6 heavy (non-hydrogen) atoms. The maximum absolute atomic E-state index is 8.94. The normalized spacial score (nSPS) is 9.83. The molecule has 0 aromatic carbocycles. The first-order valence-corrected chi connectivity index (χ1v) is 4.07. The van der Waals surface area contributed by atoms with Gasteiger partial charge in [-0.1, -0.05) is 0 Å². The van der Waals surface area contributed by atoms with Crippen molar-refractivity contribution in [1.29, 1.82) is 0 Å². The second kappa shape index (κ2) is 2.85. The molecule has 0 amide bonds. The van der Waals surface area contributed by atoms with Crippen molar-refractivity contribution in [2.24, 2.45) is 0 Å². The Morgan fingerprint density at radius 1 is 1.17 bits per heavy atom. The molecule has 0 aliphatic heterocycles. The second-order valence-corrected chi connectivity index (χ2v) is 2.67. The molecule has 4 nitrogen and oxygen atoms in total. The molecule has 3 N–H and O–H groups in total. The molecule has 0 aliphatic rings. The van der Waals surface area contributed by atoms with E-state index in [2.05, 4.69) is 0 Å². The summed E-state index contributed by atoms with van der Waals surface area (Å²) >= 11 is -5.12. The molecule has 0 unspecified atom stereocenters. The number of hydrogen-bond donors (Lipinski definition) is 3. The van der Waals surface area contributed by atoms with Gasteiger partial charge in [-0.05, 0) is 0 Å². The summed E-state index contributed by atoms with van der Waals surface area (Å²) in [7, 11) is 0. The Hall–Kier alpha value is 0.758. The van der Waals surface area contributed by atoms with E-state index >= 15 is 0 Å². The maximum Gasteiger partial charge on any atom is 0 e. The average Bonchev–Trinajstić information content (AvgIpc) is 0.722. The molecule has 0 aliphatic carbocycles. The van der Waals surface area contributed by atoms with Gasteiger partial charge in [-0.15, -0.1) is 0 Å². The molecule has 0 saturated carbocycles. The van der Waals surface area contributed by atoms with Crippen LogP contribution in [0.25, 0.3) is 0 Å².